The van der Waals surface area contributed by atoms with Gasteiger partial charge in [0.1, 0.15) is 16.8 Å². The fourth-order valence-corrected chi connectivity index (χ4v) is 4.15. The van der Waals surface area contributed by atoms with Crippen LogP contribution in [0.2, 0.25) is 5.15 Å². The van der Waals surface area contributed by atoms with Gasteiger partial charge in [0.2, 0.25) is 5.91 Å². The number of piperidine rings is 1. The molecule has 4 rings (SSSR count). The van der Waals surface area contributed by atoms with E-state index in [0.717, 1.165) is 56.0 Å². The predicted octanol–water partition coefficient (Wildman–Crippen LogP) is 3.85. The largest absolute Gasteiger partial charge is 0.396 e. The van der Waals surface area contributed by atoms with Gasteiger partial charge in [0.25, 0.3) is 0 Å². The Morgan fingerprint density at radius 1 is 1.24 bits per heavy atom. The molecule has 2 aliphatic rings. The molecule has 156 valence electrons. The molecule has 1 amide bonds. The van der Waals surface area contributed by atoms with Crippen LogP contribution in [0.3, 0.4) is 0 Å². The molecule has 9 heteroatoms. The van der Waals surface area contributed by atoms with Crippen LogP contribution >= 0.6 is 23.4 Å². The van der Waals surface area contributed by atoms with Gasteiger partial charge in [-0.15, -0.1) is 11.8 Å². The zero-order valence-electron chi connectivity index (χ0n) is 16.4. The van der Waals surface area contributed by atoms with E-state index in [2.05, 4.69) is 19.8 Å². The number of benzene rings is 1. The highest BCUT2D eigenvalue weighted by Crippen LogP contribution is 2.24. The van der Waals surface area contributed by atoms with E-state index in [0.29, 0.717) is 17.1 Å². The van der Waals surface area contributed by atoms with E-state index >= 15 is 0 Å². The fourth-order valence-electron chi connectivity index (χ4n) is 3.58. The van der Waals surface area contributed by atoms with Gasteiger partial charge in [0.05, 0.1) is 18.1 Å². The lowest BCUT2D eigenvalue weighted by Crippen LogP contribution is -2.45. The molecule has 3 heterocycles. The first kappa shape index (κ1) is 21.6. The van der Waals surface area contributed by atoms with Gasteiger partial charge in [0, 0.05) is 37.0 Å². The maximum atomic E-state index is 12.6. The molecule has 0 spiro atoms. The van der Waals surface area contributed by atoms with Crippen molar-refractivity contribution in [2.75, 3.05) is 36.5 Å². The Bertz CT molecular complexity index is 847. The first-order chi connectivity index (χ1) is 14.0. The lowest BCUT2D eigenvalue weighted by Gasteiger charge is -2.37. The lowest BCUT2D eigenvalue weighted by molar-refractivity contribution is -0.130. The quantitative estimate of drug-likeness (QED) is 0.580. The molecule has 2 aromatic rings. The second kappa shape index (κ2) is 10.1. The summed E-state index contributed by atoms with van der Waals surface area (Å²) in [5.74, 6) is 0.812. The van der Waals surface area contributed by atoms with Gasteiger partial charge in [-0.3, -0.25) is 9.78 Å². The van der Waals surface area contributed by atoms with Crippen LogP contribution in [0.5, 0.6) is 0 Å². The Balaban J connectivity index is 0.000000204. The zero-order chi connectivity index (χ0) is 20.8. The molecule has 0 radical (unpaired) electrons. The number of aromatic nitrogens is 2. The minimum atomic E-state index is -0.341. The van der Waals surface area contributed by atoms with Crippen molar-refractivity contribution in [2.24, 2.45) is 0 Å². The maximum absolute atomic E-state index is 12.6. The van der Waals surface area contributed by atoms with Crippen LogP contribution in [0.15, 0.2) is 35.5 Å². The van der Waals surface area contributed by atoms with E-state index in [1.807, 2.05) is 6.26 Å². The highest BCUT2D eigenvalue weighted by molar-refractivity contribution is 7.98. The van der Waals surface area contributed by atoms with Gasteiger partial charge in [-0.25, -0.2) is 9.37 Å². The minimum Gasteiger partial charge on any atom is -0.396 e. The number of nitrogen functional groups attached to an aromatic ring is 1. The first-order valence-electron chi connectivity index (χ1n) is 9.59. The summed E-state index contributed by atoms with van der Waals surface area (Å²) in [5, 5.41) is 0.425. The number of hydrogen-bond donors (Lipinski definition) is 1. The molecule has 29 heavy (non-hydrogen) atoms. The van der Waals surface area contributed by atoms with Crippen LogP contribution < -0.4 is 10.6 Å². The summed E-state index contributed by atoms with van der Waals surface area (Å²) >= 11 is 7.36. The second-order valence-corrected chi connectivity index (χ2v) is 8.26. The SMILES string of the molecule is CSc1ccc(N)c(F)c1.O=C1CCCN1C1CCN(c2cncc(Cl)n2)CC1. The number of likely N-dealkylation sites (tertiary alicyclic amines) is 1. The van der Waals surface area contributed by atoms with Gasteiger partial charge in [-0.05, 0) is 43.7 Å². The predicted molar refractivity (Wildman–Crippen MR) is 116 cm³/mol. The van der Waals surface area contributed by atoms with Crippen molar-refractivity contribution in [2.45, 2.75) is 36.6 Å². The van der Waals surface area contributed by atoms with E-state index in [1.54, 1.807) is 24.5 Å². The number of thioether (sulfide) groups is 1. The number of halogens is 2. The molecule has 1 aromatic carbocycles. The van der Waals surface area contributed by atoms with Crippen molar-refractivity contribution in [1.82, 2.24) is 14.9 Å². The van der Waals surface area contributed by atoms with Gasteiger partial charge in [-0.1, -0.05) is 11.6 Å². The smallest absolute Gasteiger partial charge is 0.222 e. The molecule has 2 fully saturated rings. The molecule has 2 saturated heterocycles. The Labute approximate surface area is 179 Å². The van der Waals surface area contributed by atoms with Crippen LogP contribution in [-0.4, -0.2) is 52.7 Å². The number of hydrogen-bond acceptors (Lipinski definition) is 6. The van der Waals surface area contributed by atoms with Gasteiger partial charge < -0.3 is 15.5 Å². The molecule has 0 bridgehead atoms. The molecule has 2 aliphatic heterocycles. The summed E-state index contributed by atoms with van der Waals surface area (Å²) < 4.78 is 12.6. The fraction of sp³-hybridized carbons (Fsp3) is 0.450. The van der Waals surface area contributed by atoms with Gasteiger partial charge in [-0.2, -0.15) is 0 Å². The summed E-state index contributed by atoms with van der Waals surface area (Å²) in [7, 11) is 0. The van der Waals surface area contributed by atoms with Gasteiger partial charge in [0.15, 0.2) is 0 Å². The maximum Gasteiger partial charge on any atom is 0.222 e. The number of nitrogens with two attached hydrogens (primary N) is 1. The van der Waals surface area contributed by atoms with E-state index in [4.69, 9.17) is 17.3 Å². The Hall–Kier alpha value is -2.06. The van der Waals surface area contributed by atoms with Crippen LogP contribution in [-0.2, 0) is 4.79 Å². The highest BCUT2D eigenvalue weighted by atomic mass is 35.5. The number of carbonyl (C=O) groups excluding carboxylic acids is 1. The molecule has 0 unspecified atom stereocenters. The minimum absolute atomic E-state index is 0.206. The highest BCUT2D eigenvalue weighted by Gasteiger charge is 2.30. The van der Waals surface area contributed by atoms with Crippen molar-refractivity contribution < 1.29 is 9.18 Å². The van der Waals surface area contributed by atoms with E-state index in [-0.39, 0.29) is 11.5 Å². The van der Waals surface area contributed by atoms with Gasteiger partial charge >= 0.3 is 0 Å². The molecule has 6 nitrogen and oxygen atoms in total. The van der Waals surface area contributed by atoms with Crippen LogP contribution in [0.4, 0.5) is 15.9 Å². The Kier molecular flexibility index (Phi) is 7.55. The molecule has 0 saturated carbocycles. The number of amides is 1. The third-order valence-electron chi connectivity index (χ3n) is 5.14. The average molecular weight is 438 g/mol. The third kappa shape index (κ3) is 5.73. The summed E-state index contributed by atoms with van der Waals surface area (Å²) in [6.07, 6.45) is 8.91. The standard InChI is InChI=1S/C13H17ClN4O.C7H8FNS/c14-11-8-15-9-12(16-11)17-6-3-10(4-7-17)18-5-1-2-13(18)19;1-10-5-2-3-7(9)6(8)4-5/h8-10H,1-7H2;2-4H,9H2,1H3. The number of carbonyl (C=O) groups is 1. The second-order valence-electron chi connectivity index (χ2n) is 7.00. The van der Waals surface area contributed by atoms with Crippen LogP contribution in [0, 0.1) is 5.82 Å². The van der Waals surface area contributed by atoms with Crippen LogP contribution in [0.1, 0.15) is 25.7 Å². The summed E-state index contributed by atoms with van der Waals surface area (Å²) in [5.41, 5.74) is 5.47. The Morgan fingerprint density at radius 3 is 2.59 bits per heavy atom. The molecule has 0 atom stereocenters. The van der Waals surface area contributed by atoms with Crippen molar-refractivity contribution in [1.29, 1.82) is 0 Å². The first-order valence-corrected chi connectivity index (χ1v) is 11.2. The Morgan fingerprint density at radius 2 is 2.00 bits per heavy atom. The summed E-state index contributed by atoms with van der Waals surface area (Å²) in [4.78, 5) is 25.2. The zero-order valence-corrected chi connectivity index (χ0v) is 17.9. The average Bonchev–Trinajstić information content (AvgIpc) is 3.16. The molecular weight excluding hydrogens is 413 g/mol. The molecule has 0 aliphatic carbocycles. The molecular formula is C20H25ClFN5OS. The number of anilines is 2. The number of rotatable bonds is 3. The summed E-state index contributed by atoms with van der Waals surface area (Å²) in [6.45, 7) is 2.74. The van der Waals surface area contributed by atoms with Crippen molar-refractivity contribution in [3.8, 4) is 0 Å². The lowest BCUT2D eigenvalue weighted by atomic mass is 10.0. The van der Waals surface area contributed by atoms with Crippen molar-refractivity contribution >= 4 is 40.8 Å². The molecule has 1 aromatic heterocycles. The summed E-state index contributed by atoms with van der Waals surface area (Å²) in [6, 6.07) is 5.20. The normalized spacial score (nSPS) is 17.3. The van der Waals surface area contributed by atoms with Crippen molar-refractivity contribution in [3.63, 3.8) is 0 Å². The molecule has 2 N–H and O–H groups in total. The third-order valence-corrected chi connectivity index (χ3v) is 6.05. The topological polar surface area (TPSA) is 75.4 Å². The van der Waals surface area contributed by atoms with E-state index < -0.39 is 0 Å². The van der Waals surface area contributed by atoms with Crippen molar-refractivity contribution in [3.05, 3.63) is 41.6 Å². The van der Waals surface area contributed by atoms with Crippen LogP contribution in [0.25, 0.3) is 0 Å². The van der Waals surface area contributed by atoms with E-state index in [9.17, 15) is 9.18 Å². The monoisotopic (exact) mass is 437 g/mol. The number of nitrogens with zero attached hydrogens (tertiary/aromatic N) is 4. The van der Waals surface area contributed by atoms with E-state index in [1.165, 1.54) is 17.8 Å².